The summed E-state index contributed by atoms with van der Waals surface area (Å²) in [6.07, 6.45) is 2.18. The van der Waals surface area contributed by atoms with Crippen molar-refractivity contribution in [2.75, 3.05) is 13.2 Å². The van der Waals surface area contributed by atoms with Crippen LogP contribution in [-0.2, 0) is 10.2 Å². The minimum atomic E-state index is 0.165. The van der Waals surface area contributed by atoms with Gasteiger partial charge in [0.25, 0.3) is 0 Å². The molecule has 4 rings (SSSR count). The number of ether oxygens (including phenoxy) is 1. The smallest absolute Gasteiger partial charge is 0.139 e. The van der Waals surface area contributed by atoms with Gasteiger partial charge in [0.2, 0.25) is 0 Å². The molecule has 0 saturated carbocycles. The molecule has 1 aliphatic carbocycles. The SMILES string of the molecule is Bc1ccc2c(c1)C1(CCOCC1)c1cc(Br)ccc1-2. The number of fused-ring (bicyclic) bond motifs is 5. The highest BCUT2D eigenvalue weighted by molar-refractivity contribution is 9.10. The Bertz CT molecular complexity index is 636. The van der Waals surface area contributed by atoms with E-state index in [2.05, 4.69) is 60.2 Å². The van der Waals surface area contributed by atoms with Crippen LogP contribution in [0.1, 0.15) is 24.0 Å². The molecular formula is C17H16BBrO. The highest BCUT2D eigenvalue weighted by atomic mass is 79.9. The first kappa shape index (κ1) is 12.7. The molecule has 0 amide bonds. The molecular weight excluding hydrogens is 311 g/mol. The maximum Gasteiger partial charge on any atom is 0.139 e. The average molecular weight is 327 g/mol. The molecule has 0 radical (unpaired) electrons. The minimum absolute atomic E-state index is 0.165. The second kappa shape index (κ2) is 4.47. The Morgan fingerprint density at radius 3 is 2.35 bits per heavy atom. The Hall–Kier alpha value is -1.06. The lowest BCUT2D eigenvalue weighted by Crippen LogP contribution is -2.33. The van der Waals surface area contributed by atoms with Crippen LogP contribution in [0.4, 0.5) is 0 Å². The maximum atomic E-state index is 5.64. The van der Waals surface area contributed by atoms with Crippen molar-refractivity contribution in [1.82, 2.24) is 0 Å². The van der Waals surface area contributed by atoms with Gasteiger partial charge >= 0.3 is 0 Å². The van der Waals surface area contributed by atoms with Crippen LogP contribution in [0.5, 0.6) is 0 Å². The number of hydrogen-bond acceptors (Lipinski definition) is 1. The van der Waals surface area contributed by atoms with Crippen molar-refractivity contribution in [2.45, 2.75) is 18.3 Å². The van der Waals surface area contributed by atoms with Gasteiger partial charge in [0.05, 0.1) is 0 Å². The standard InChI is InChI=1S/C17H16BBrO/c18-11-1-3-13-14-4-2-12(19)10-16(14)17(15(13)9-11)5-7-20-8-6-17/h1-4,9-10H,5-8,18H2. The van der Waals surface area contributed by atoms with E-state index in [1.165, 1.54) is 32.2 Å². The van der Waals surface area contributed by atoms with E-state index in [4.69, 9.17) is 4.74 Å². The summed E-state index contributed by atoms with van der Waals surface area (Å²) in [6, 6.07) is 13.6. The number of benzene rings is 2. The van der Waals surface area contributed by atoms with Crippen molar-refractivity contribution >= 4 is 29.2 Å². The summed E-state index contributed by atoms with van der Waals surface area (Å²) in [5.74, 6) is 0. The van der Waals surface area contributed by atoms with Crippen LogP contribution in [-0.4, -0.2) is 21.1 Å². The zero-order chi connectivity index (χ0) is 13.7. The summed E-state index contributed by atoms with van der Waals surface area (Å²) in [5.41, 5.74) is 7.33. The zero-order valence-corrected chi connectivity index (χ0v) is 13.2. The normalized spacial score (nSPS) is 18.9. The molecule has 0 bridgehead atoms. The van der Waals surface area contributed by atoms with E-state index >= 15 is 0 Å². The van der Waals surface area contributed by atoms with E-state index in [0.717, 1.165) is 26.1 Å². The molecule has 1 nitrogen and oxygen atoms in total. The number of halogens is 1. The molecule has 2 aromatic rings. The zero-order valence-electron chi connectivity index (χ0n) is 11.6. The summed E-state index contributed by atoms with van der Waals surface area (Å²) in [4.78, 5) is 0. The van der Waals surface area contributed by atoms with E-state index in [0.29, 0.717) is 0 Å². The molecule has 20 heavy (non-hydrogen) atoms. The topological polar surface area (TPSA) is 9.23 Å². The molecule has 1 aliphatic heterocycles. The molecule has 1 spiro atoms. The predicted octanol–water partition coefficient (Wildman–Crippen LogP) is 2.78. The third-order valence-corrected chi connectivity index (χ3v) is 5.32. The predicted molar refractivity (Wildman–Crippen MR) is 88.6 cm³/mol. The van der Waals surface area contributed by atoms with Crippen LogP contribution in [0.3, 0.4) is 0 Å². The molecule has 1 fully saturated rings. The van der Waals surface area contributed by atoms with Gasteiger partial charge in [-0.3, -0.25) is 0 Å². The molecule has 0 atom stereocenters. The first-order chi connectivity index (χ1) is 9.71. The molecule has 2 aromatic carbocycles. The fourth-order valence-electron chi connectivity index (χ4n) is 3.84. The molecule has 1 saturated heterocycles. The molecule has 2 aliphatic rings. The fourth-order valence-corrected chi connectivity index (χ4v) is 4.20. The van der Waals surface area contributed by atoms with Gasteiger partial charge in [-0.05, 0) is 47.2 Å². The quantitative estimate of drug-likeness (QED) is 0.676. The van der Waals surface area contributed by atoms with Gasteiger partial charge in [0.1, 0.15) is 7.85 Å². The highest BCUT2D eigenvalue weighted by Crippen LogP contribution is 2.53. The van der Waals surface area contributed by atoms with Crippen LogP contribution >= 0.6 is 15.9 Å². The minimum Gasteiger partial charge on any atom is -0.381 e. The van der Waals surface area contributed by atoms with E-state index in [1.54, 1.807) is 0 Å². The lowest BCUT2D eigenvalue weighted by atomic mass is 9.71. The van der Waals surface area contributed by atoms with Crippen LogP contribution in [0.2, 0.25) is 0 Å². The van der Waals surface area contributed by atoms with Crippen molar-refractivity contribution in [3.05, 3.63) is 52.0 Å². The lowest BCUT2D eigenvalue weighted by molar-refractivity contribution is 0.0644. The van der Waals surface area contributed by atoms with Gasteiger partial charge in [0.15, 0.2) is 0 Å². The van der Waals surface area contributed by atoms with Gasteiger partial charge < -0.3 is 4.74 Å². The first-order valence-corrected chi connectivity index (χ1v) is 7.99. The van der Waals surface area contributed by atoms with Gasteiger partial charge in [0, 0.05) is 23.1 Å². The fraction of sp³-hybridized carbons (Fsp3) is 0.294. The van der Waals surface area contributed by atoms with Crippen LogP contribution in [0.15, 0.2) is 40.9 Å². The number of rotatable bonds is 0. The highest BCUT2D eigenvalue weighted by Gasteiger charge is 2.44. The molecule has 1 heterocycles. The van der Waals surface area contributed by atoms with Crippen LogP contribution in [0, 0.1) is 0 Å². The van der Waals surface area contributed by atoms with Gasteiger partial charge in [-0.2, -0.15) is 0 Å². The van der Waals surface area contributed by atoms with Gasteiger partial charge in [-0.1, -0.05) is 45.7 Å². The Balaban J connectivity index is 2.03. The summed E-state index contributed by atoms with van der Waals surface area (Å²) >= 11 is 3.64. The summed E-state index contributed by atoms with van der Waals surface area (Å²) in [5, 5.41) is 0. The van der Waals surface area contributed by atoms with Gasteiger partial charge in [-0.15, -0.1) is 0 Å². The van der Waals surface area contributed by atoms with E-state index in [9.17, 15) is 0 Å². The average Bonchev–Trinajstić information content (AvgIpc) is 2.70. The third kappa shape index (κ3) is 1.66. The van der Waals surface area contributed by atoms with Crippen molar-refractivity contribution in [3.63, 3.8) is 0 Å². The summed E-state index contributed by atoms with van der Waals surface area (Å²) in [7, 11) is 2.19. The lowest BCUT2D eigenvalue weighted by Gasteiger charge is -2.36. The molecule has 0 unspecified atom stereocenters. The second-order valence-corrected chi connectivity index (χ2v) is 6.85. The molecule has 100 valence electrons. The van der Waals surface area contributed by atoms with Crippen LogP contribution < -0.4 is 5.46 Å². The van der Waals surface area contributed by atoms with Crippen molar-refractivity contribution in [3.8, 4) is 11.1 Å². The Kier molecular flexibility index (Phi) is 2.83. The monoisotopic (exact) mass is 326 g/mol. The van der Waals surface area contributed by atoms with E-state index in [-0.39, 0.29) is 5.41 Å². The van der Waals surface area contributed by atoms with Crippen molar-refractivity contribution < 1.29 is 4.74 Å². The van der Waals surface area contributed by atoms with Crippen molar-refractivity contribution in [2.24, 2.45) is 0 Å². The molecule has 3 heteroatoms. The first-order valence-electron chi connectivity index (χ1n) is 7.20. The van der Waals surface area contributed by atoms with Gasteiger partial charge in [-0.25, -0.2) is 0 Å². The van der Waals surface area contributed by atoms with Crippen LogP contribution in [0.25, 0.3) is 11.1 Å². The summed E-state index contributed by atoms with van der Waals surface area (Å²) in [6.45, 7) is 1.72. The maximum absolute atomic E-state index is 5.64. The third-order valence-electron chi connectivity index (χ3n) is 4.82. The Morgan fingerprint density at radius 1 is 0.950 bits per heavy atom. The molecule has 0 N–H and O–H groups in total. The summed E-state index contributed by atoms with van der Waals surface area (Å²) < 4.78 is 6.81. The Labute approximate surface area is 128 Å². The second-order valence-electron chi connectivity index (χ2n) is 5.93. The largest absolute Gasteiger partial charge is 0.381 e. The Morgan fingerprint density at radius 2 is 1.60 bits per heavy atom. The van der Waals surface area contributed by atoms with E-state index in [1.807, 2.05) is 0 Å². The molecule has 0 aromatic heterocycles. The van der Waals surface area contributed by atoms with E-state index < -0.39 is 0 Å². The van der Waals surface area contributed by atoms with Crippen molar-refractivity contribution in [1.29, 1.82) is 0 Å². The number of hydrogen-bond donors (Lipinski definition) is 0.